The third kappa shape index (κ3) is 5.11. The van der Waals surface area contributed by atoms with Gasteiger partial charge in [0.25, 0.3) is 5.91 Å². The maximum absolute atomic E-state index is 12.5. The molecule has 0 aliphatic heterocycles. The maximum Gasteiger partial charge on any atom is 0.253 e. The second-order valence-corrected chi connectivity index (χ2v) is 6.90. The molecule has 1 aromatic carbocycles. The van der Waals surface area contributed by atoms with E-state index in [-0.39, 0.29) is 5.91 Å². The van der Waals surface area contributed by atoms with Gasteiger partial charge < -0.3 is 19.4 Å². The van der Waals surface area contributed by atoms with Gasteiger partial charge in [-0.05, 0) is 56.5 Å². The first-order valence-corrected chi connectivity index (χ1v) is 9.13. The monoisotopic (exact) mass is 358 g/mol. The Bertz CT molecular complexity index is 718. The van der Waals surface area contributed by atoms with Crippen LogP contribution in [0, 0.1) is 19.8 Å². The number of aromatic nitrogens is 1. The Morgan fingerprint density at radius 1 is 1.19 bits per heavy atom. The summed E-state index contributed by atoms with van der Waals surface area (Å²) in [6.45, 7) is 10.3. The molecule has 26 heavy (non-hydrogen) atoms. The largest absolute Gasteiger partial charge is 0.497 e. The molecule has 0 fully saturated rings. The number of hydrogen-bond acceptors (Lipinski definition) is 3. The molecule has 142 valence electrons. The van der Waals surface area contributed by atoms with Crippen LogP contribution >= 0.6 is 0 Å². The van der Waals surface area contributed by atoms with Crippen LogP contribution in [0.5, 0.6) is 5.75 Å². The minimum absolute atomic E-state index is 0.0401. The minimum atomic E-state index is -0.0401. The molecule has 0 aliphatic carbocycles. The molecule has 0 unspecified atom stereocenters. The average molecular weight is 358 g/mol. The normalized spacial score (nSPS) is 11.0. The van der Waals surface area contributed by atoms with Gasteiger partial charge in [-0.1, -0.05) is 13.8 Å². The average Bonchev–Trinajstić information content (AvgIpc) is 2.92. The number of rotatable bonds is 9. The molecule has 5 nitrogen and oxygen atoms in total. The van der Waals surface area contributed by atoms with Gasteiger partial charge in [-0.15, -0.1) is 0 Å². The van der Waals surface area contributed by atoms with Crippen molar-refractivity contribution < 1.29 is 14.3 Å². The lowest BCUT2D eigenvalue weighted by atomic mass is 10.2. The van der Waals surface area contributed by atoms with Crippen molar-refractivity contribution in [1.29, 1.82) is 0 Å². The highest BCUT2D eigenvalue weighted by Crippen LogP contribution is 2.22. The molecule has 2 aromatic rings. The third-order valence-electron chi connectivity index (χ3n) is 4.21. The van der Waals surface area contributed by atoms with E-state index < -0.39 is 0 Å². The van der Waals surface area contributed by atoms with Crippen LogP contribution < -0.4 is 10.1 Å². The van der Waals surface area contributed by atoms with Crippen molar-refractivity contribution in [3.05, 3.63) is 47.3 Å². The van der Waals surface area contributed by atoms with E-state index in [1.165, 1.54) is 0 Å². The summed E-state index contributed by atoms with van der Waals surface area (Å²) in [7, 11) is 1.65. The predicted molar refractivity (Wildman–Crippen MR) is 104 cm³/mol. The maximum atomic E-state index is 12.5. The minimum Gasteiger partial charge on any atom is -0.497 e. The fourth-order valence-corrected chi connectivity index (χ4v) is 2.91. The van der Waals surface area contributed by atoms with Gasteiger partial charge in [-0.3, -0.25) is 4.79 Å². The van der Waals surface area contributed by atoms with Crippen LogP contribution in [0.4, 0.5) is 0 Å². The Balaban J connectivity index is 1.98. The molecule has 2 rings (SSSR count). The van der Waals surface area contributed by atoms with Gasteiger partial charge in [-0.2, -0.15) is 0 Å². The summed E-state index contributed by atoms with van der Waals surface area (Å²) >= 11 is 0. The molecule has 1 heterocycles. The van der Waals surface area contributed by atoms with Crippen LogP contribution in [0.15, 0.2) is 30.3 Å². The third-order valence-corrected chi connectivity index (χ3v) is 4.21. The highest BCUT2D eigenvalue weighted by atomic mass is 16.5. The summed E-state index contributed by atoms with van der Waals surface area (Å²) in [5.74, 6) is 1.31. The quantitative estimate of drug-likeness (QED) is 0.692. The molecule has 0 spiro atoms. The number of amides is 1. The van der Waals surface area contributed by atoms with Crippen LogP contribution in [-0.2, 0) is 4.74 Å². The van der Waals surface area contributed by atoms with Gasteiger partial charge in [0, 0.05) is 36.8 Å². The number of methoxy groups -OCH3 is 1. The lowest BCUT2D eigenvalue weighted by Crippen LogP contribution is -2.25. The first-order chi connectivity index (χ1) is 12.4. The number of aryl methyl sites for hydroxylation is 1. The Morgan fingerprint density at radius 3 is 2.50 bits per heavy atom. The molecule has 5 heteroatoms. The molecule has 0 atom stereocenters. The molecule has 0 saturated heterocycles. The SMILES string of the molecule is COc1ccc(-n2c(C)cc(C(=O)NCCCOCC(C)C)c2C)cc1. The number of carbonyl (C=O) groups excluding carboxylic acids is 1. The van der Waals surface area contributed by atoms with E-state index in [1.807, 2.05) is 44.2 Å². The lowest BCUT2D eigenvalue weighted by Gasteiger charge is -2.11. The summed E-state index contributed by atoms with van der Waals surface area (Å²) in [4.78, 5) is 12.5. The fourth-order valence-electron chi connectivity index (χ4n) is 2.91. The zero-order valence-corrected chi connectivity index (χ0v) is 16.5. The number of benzene rings is 1. The van der Waals surface area contributed by atoms with Crippen LogP contribution in [-0.4, -0.2) is 37.3 Å². The van der Waals surface area contributed by atoms with E-state index in [2.05, 4.69) is 23.7 Å². The molecular weight excluding hydrogens is 328 g/mol. The zero-order valence-electron chi connectivity index (χ0n) is 16.5. The summed E-state index contributed by atoms with van der Waals surface area (Å²) in [6, 6.07) is 9.76. The van der Waals surface area contributed by atoms with E-state index in [0.29, 0.717) is 24.6 Å². The smallest absolute Gasteiger partial charge is 0.253 e. The highest BCUT2D eigenvalue weighted by Gasteiger charge is 2.16. The Morgan fingerprint density at radius 2 is 1.88 bits per heavy atom. The molecule has 0 saturated carbocycles. The van der Waals surface area contributed by atoms with Gasteiger partial charge in [0.05, 0.1) is 12.7 Å². The van der Waals surface area contributed by atoms with Crippen LogP contribution in [0.1, 0.15) is 42.0 Å². The first kappa shape index (κ1) is 20.0. The van der Waals surface area contributed by atoms with Crippen molar-refractivity contribution in [2.45, 2.75) is 34.1 Å². The fraction of sp³-hybridized carbons (Fsp3) is 0.476. The van der Waals surface area contributed by atoms with Crippen molar-refractivity contribution >= 4 is 5.91 Å². The van der Waals surface area contributed by atoms with E-state index in [1.54, 1.807) is 7.11 Å². The molecule has 1 amide bonds. The Kier molecular flexibility index (Phi) is 7.27. The molecule has 0 bridgehead atoms. The van der Waals surface area contributed by atoms with Gasteiger partial charge in [0.15, 0.2) is 0 Å². The zero-order chi connectivity index (χ0) is 19.1. The Hall–Kier alpha value is -2.27. The molecule has 0 aliphatic rings. The second-order valence-electron chi connectivity index (χ2n) is 6.90. The standard InChI is InChI=1S/C21H30N2O3/c1-15(2)14-26-12-6-11-22-21(24)20-13-16(3)23(17(20)4)18-7-9-19(25-5)10-8-18/h7-10,13,15H,6,11-12,14H2,1-5H3,(H,22,24). The van der Waals surface area contributed by atoms with E-state index in [4.69, 9.17) is 9.47 Å². The van der Waals surface area contributed by atoms with E-state index in [0.717, 1.165) is 35.9 Å². The summed E-state index contributed by atoms with van der Waals surface area (Å²) in [6.07, 6.45) is 0.815. The summed E-state index contributed by atoms with van der Waals surface area (Å²) in [5.41, 5.74) is 3.68. The number of nitrogens with zero attached hydrogens (tertiary/aromatic N) is 1. The number of hydrogen-bond donors (Lipinski definition) is 1. The summed E-state index contributed by atoms with van der Waals surface area (Å²) in [5, 5.41) is 2.99. The van der Waals surface area contributed by atoms with Crippen molar-refractivity contribution in [3.8, 4) is 11.4 Å². The van der Waals surface area contributed by atoms with Crippen LogP contribution in [0.2, 0.25) is 0 Å². The second kappa shape index (κ2) is 9.43. The number of carbonyl (C=O) groups is 1. The van der Waals surface area contributed by atoms with Gasteiger partial charge in [-0.25, -0.2) is 0 Å². The number of nitrogens with one attached hydrogen (secondary N) is 1. The van der Waals surface area contributed by atoms with Crippen molar-refractivity contribution in [2.75, 3.05) is 26.9 Å². The highest BCUT2D eigenvalue weighted by molar-refractivity contribution is 5.95. The first-order valence-electron chi connectivity index (χ1n) is 9.13. The number of ether oxygens (including phenoxy) is 2. The lowest BCUT2D eigenvalue weighted by molar-refractivity contribution is 0.0924. The van der Waals surface area contributed by atoms with Gasteiger partial charge in [0.2, 0.25) is 0 Å². The topological polar surface area (TPSA) is 52.5 Å². The van der Waals surface area contributed by atoms with Crippen LogP contribution in [0.3, 0.4) is 0 Å². The molecule has 1 aromatic heterocycles. The molecular formula is C21H30N2O3. The molecule has 0 radical (unpaired) electrons. The van der Waals surface area contributed by atoms with Gasteiger partial charge >= 0.3 is 0 Å². The van der Waals surface area contributed by atoms with E-state index >= 15 is 0 Å². The predicted octanol–water partition coefficient (Wildman–Crippen LogP) is 3.90. The van der Waals surface area contributed by atoms with Crippen molar-refractivity contribution in [2.24, 2.45) is 5.92 Å². The van der Waals surface area contributed by atoms with Crippen molar-refractivity contribution in [1.82, 2.24) is 9.88 Å². The van der Waals surface area contributed by atoms with Gasteiger partial charge in [0.1, 0.15) is 5.75 Å². The van der Waals surface area contributed by atoms with Crippen LogP contribution in [0.25, 0.3) is 5.69 Å². The molecule has 1 N–H and O–H groups in total. The Labute approximate surface area is 156 Å². The van der Waals surface area contributed by atoms with Crippen molar-refractivity contribution in [3.63, 3.8) is 0 Å². The summed E-state index contributed by atoms with van der Waals surface area (Å²) < 4.78 is 12.8. The van der Waals surface area contributed by atoms with E-state index in [9.17, 15) is 4.79 Å².